The minimum absolute atomic E-state index is 0.126. The fourth-order valence-electron chi connectivity index (χ4n) is 6.57. The van der Waals surface area contributed by atoms with Crippen molar-refractivity contribution < 1.29 is 19.1 Å². The predicted molar refractivity (Wildman–Crippen MR) is 152 cm³/mol. The van der Waals surface area contributed by atoms with Gasteiger partial charge < -0.3 is 15.0 Å². The van der Waals surface area contributed by atoms with Crippen LogP contribution in [0.5, 0.6) is 5.75 Å². The number of urea groups is 1. The van der Waals surface area contributed by atoms with Crippen molar-refractivity contribution in [2.24, 2.45) is 0 Å². The molecule has 3 heterocycles. The number of benzene rings is 3. The van der Waals surface area contributed by atoms with Crippen LogP contribution >= 0.6 is 0 Å². The van der Waals surface area contributed by atoms with E-state index in [0.717, 1.165) is 53.4 Å². The maximum atomic E-state index is 14.1. The number of carbonyl (C=O) groups excluding carboxylic acids is 3. The zero-order valence-corrected chi connectivity index (χ0v) is 22.2. The Morgan fingerprint density at radius 2 is 1.75 bits per heavy atom. The second-order valence-corrected chi connectivity index (χ2v) is 10.8. The Hall–Kier alpha value is -4.59. The summed E-state index contributed by atoms with van der Waals surface area (Å²) in [4.78, 5) is 47.2. The largest absolute Gasteiger partial charge is 0.497 e. The molecule has 3 aliphatic rings. The maximum Gasteiger partial charge on any atom is 0.332 e. The molecular formula is C32H30N4O4. The van der Waals surface area contributed by atoms with Crippen molar-refractivity contribution in [3.8, 4) is 5.75 Å². The lowest BCUT2D eigenvalue weighted by atomic mass is 9.89. The average molecular weight is 535 g/mol. The van der Waals surface area contributed by atoms with E-state index < -0.39 is 12.1 Å². The number of imide groups is 1. The highest BCUT2D eigenvalue weighted by molar-refractivity contribution is 6.22. The van der Waals surface area contributed by atoms with Crippen LogP contribution in [0.25, 0.3) is 10.9 Å². The van der Waals surface area contributed by atoms with Gasteiger partial charge in [0, 0.05) is 34.6 Å². The van der Waals surface area contributed by atoms with E-state index in [-0.39, 0.29) is 23.9 Å². The molecule has 7 rings (SSSR count). The molecule has 3 aromatic carbocycles. The molecule has 4 amide bonds. The maximum absolute atomic E-state index is 14.1. The number of fused-ring (bicyclic) bond motifs is 4. The molecule has 0 spiro atoms. The smallest absolute Gasteiger partial charge is 0.332 e. The van der Waals surface area contributed by atoms with Crippen LogP contribution in [0.1, 0.15) is 58.9 Å². The molecule has 1 unspecified atom stereocenters. The van der Waals surface area contributed by atoms with Gasteiger partial charge in [0.1, 0.15) is 17.8 Å². The highest BCUT2D eigenvalue weighted by Crippen LogP contribution is 2.45. The number of nitrogens with one attached hydrogen (secondary N) is 2. The molecule has 2 fully saturated rings. The molecule has 8 nitrogen and oxygen atoms in total. The Kier molecular flexibility index (Phi) is 5.84. The fourth-order valence-corrected chi connectivity index (χ4v) is 6.57. The minimum atomic E-state index is -0.652. The molecule has 202 valence electrons. The Bertz CT molecular complexity index is 1640. The second kappa shape index (κ2) is 9.55. The van der Waals surface area contributed by atoms with Crippen LogP contribution in [0.4, 0.5) is 10.5 Å². The number of anilines is 1. The number of amides is 4. The number of aromatic nitrogens is 1. The molecule has 0 bridgehead atoms. The first-order valence-corrected chi connectivity index (χ1v) is 13.8. The van der Waals surface area contributed by atoms with Gasteiger partial charge in [-0.05, 0) is 66.4 Å². The molecule has 1 saturated carbocycles. The van der Waals surface area contributed by atoms with Crippen molar-refractivity contribution in [3.05, 3.63) is 95.2 Å². The first-order valence-electron chi connectivity index (χ1n) is 13.8. The fraction of sp³-hybridized carbons (Fsp3) is 0.281. The van der Waals surface area contributed by atoms with E-state index in [2.05, 4.69) is 16.4 Å². The SMILES string of the molecule is COc1cccc(C2c3[nH]c4ccccc4c3C[C@H]3C(=O)N(c4ccc(C(=O)NC5CCCC5)cc4)C(=O)N23)c1. The van der Waals surface area contributed by atoms with E-state index in [4.69, 9.17) is 4.74 Å². The number of nitrogens with zero attached hydrogens (tertiary/aromatic N) is 2. The lowest BCUT2D eigenvalue weighted by Gasteiger charge is -2.36. The van der Waals surface area contributed by atoms with Gasteiger partial charge in [-0.1, -0.05) is 43.2 Å². The summed E-state index contributed by atoms with van der Waals surface area (Å²) >= 11 is 0. The van der Waals surface area contributed by atoms with Crippen molar-refractivity contribution in [2.75, 3.05) is 12.0 Å². The third kappa shape index (κ3) is 3.86. The van der Waals surface area contributed by atoms with Gasteiger partial charge >= 0.3 is 6.03 Å². The highest BCUT2D eigenvalue weighted by Gasteiger charge is 2.53. The summed E-state index contributed by atoms with van der Waals surface area (Å²) in [6, 6.07) is 21.1. The van der Waals surface area contributed by atoms with E-state index in [9.17, 15) is 14.4 Å². The molecule has 2 N–H and O–H groups in total. The quantitative estimate of drug-likeness (QED) is 0.338. The van der Waals surface area contributed by atoms with Gasteiger partial charge in [0.15, 0.2) is 0 Å². The zero-order chi connectivity index (χ0) is 27.4. The van der Waals surface area contributed by atoms with Crippen LogP contribution in [0.3, 0.4) is 0 Å². The first kappa shape index (κ1) is 24.5. The number of hydrogen-bond donors (Lipinski definition) is 2. The normalized spacial score (nSPS) is 20.6. The Morgan fingerprint density at radius 1 is 0.975 bits per heavy atom. The van der Waals surface area contributed by atoms with Gasteiger partial charge in [-0.2, -0.15) is 0 Å². The number of H-pyrrole nitrogens is 1. The number of carbonyl (C=O) groups is 3. The van der Waals surface area contributed by atoms with Gasteiger partial charge in [-0.25, -0.2) is 9.69 Å². The first-order chi connectivity index (χ1) is 19.5. The standard InChI is InChI=1S/C32H30N4O4/c1-40-23-10-6-7-20(17-23)29-28-25(24-11-4-5-12-26(24)34-28)18-27-31(38)35(32(39)36(27)29)22-15-13-19(14-16-22)30(37)33-21-8-2-3-9-21/h4-7,10-17,21,27,29,34H,2-3,8-9,18H2,1H3,(H,33,37)/t27-,29?/m0/s1. The lowest BCUT2D eigenvalue weighted by molar-refractivity contribution is -0.120. The number of rotatable bonds is 5. The molecule has 2 atom stereocenters. The summed E-state index contributed by atoms with van der Waals surface area (Å²) in [7, 11) is 1.61. The van der Waals surface area contributed by atoms with E-state index in [1.165, 1.54) is 4.90 Å². The molecule has 4 aromatic rings. The van der Waals surface area contributed by atoms with Crippen LogP contribution in [0, 0.1) is 0 Å². The van der Waals surface area contributed by atoms with Crippen molar-refractivity contribution in [1.29, 1.82) is 0 Å². The van der Waals surface area contributed by atoms with Gasteiger partial charge in [-0.15, -0.1) is 0 Å². The Labute approximate surface area is 231 Å². The Balaban J connectivity index is 1.25. The summed E-state index contributed by atoms with van der Waals surface area (Å²) in [5, 5.41) is 4.15. The van der Waals surface area contributed by atoms with Crippen LogP contribution < -0.4 is 15.0 Å². The summed E-state index contributed by atoms with van der Waals surface area (Å²) in [5.74, 6) is 0.286. The van der Waals surface area contributed by atoms with E-state index >= 15 is 0 Å². The highest BCUT2D eigenvalue weighted by atomic mass is 16.5. The molecule has 2 aliphatic heterocycles. The van der Waals surface area contributed by atoms with Crippen molar-refractivity contribution >= 4 is 34.4 Å². The van der Waals surface area contributed by atoms with Gasteiger partial charge in [0.25, 0.3) is 11.8 Å². The lowest BCUT2D eigenvalue weighted by Crippen LogP contribution is -2.44. The summed E-state index contributed by atoms with van der Waals surface area (Å²) < 4.78 is 5.49. The van der Waals surface area contributed by atoms with E-state index in [1.54, 1.807) is 36.3 Å². The van der Waals surface area contributed by atoms with Crippen molar-refractivity contribution in [1.82, 2.24) is 15.2 Å². The second-order valence-electron chi connectivity index (χ2n) is 10.8. The molecule has 1 aromatic heterocycles. The van der Waals surface area contributed by atoms with Crippen molar-refractivity contribution in [2.45, 2.75) is 50.2 Å². The van der Waals surface area contributed by atoms with Crippen LogP contribution in [-0.4, -0.2) is 46.9 Å². The Morgan fingerprint density at radius 3 is 2.52 bits per heavy atom. The number of methoxy groups -OCH3 is 1. The van der Waals surface area contributed by atoms with Gasteiger partial charge in [-0.3, -0.25) is 14.5 Å². The molecule has 40 heavy (non-hydrogen) atoms. The van der Waals surface area contributed by atoms with Gasteiger partial charge in [0.05, 0.1) is 12.8 Å². The molecule has 1 aliphatic carbocycles. The van der Waals surface area contributed by atoms with Crippen LogP contribution in [0.15, 0.2) is 72.8 Å². The van der Waals surface area contributed by atoms with E-state index in [1.807, 2.05) is 42.5 Å². The third-order valence-electron chi connectivity index (χ3n) is 8.54. The summed E-state index contributed by atoms with van der Waals surface area (Å²) in [6.45, 7) is 0. The predicted octanol–water partition coefficient (Wildman–Crippen LogP) is 5.33. The summed E-state index contributed by atoms with van der Waals surface area (Å²) in [6.07, 6.45) is 4.70. The third-order valence-corrected chi connectivity index (χ3v) is 8.54. The number of ether oxygens (including phenoxy) is 1. The molecular weight excluding hydrogens is 504 g/mol. The van der Waals surface area contributed by atoms with E-state index in [0.29, 0.717) is 23.4 Å². The van der Waals surface area contributed by atoms with Crippen molar-refractivity contribution in [3.63, 3.8) is 0 Å². The summed E-state index contributed by atoms with van der Waals surface area (Å²) in [5.41, 5.74) is 4.77. The number of aromatic amines is 1. The van der Waals surface area contributed by atoms with Gasteiger partial charge in [0.2, 0.25) is 0 Å². The molecule has 0 radical (unpaired) electrons. The molecule has 8 heteroatoms. The minimum Gasteiger partial charge on any atom is -0.497 e. The van der Waals surface area contributed by atoms with Crippen LogP contribution in [-0.2, 0) is 11.2 Å². The average Bonchev–Trinajstić information content (AvgIpc) is 3.69. The van der Waals surface area contributed by atoms with Crippen LogP contribution in [0.2, 0.25) is 0 Å². The number of para-hydroxylation sites is 1. The topological polar surface area (TPSA) is 94.7 Å². The molecule has 1 saturated heterocycles. The number of hydrogen-bond acceptors (Lipinski definition) is 4. The monoisotopic (exact) mass is 534 g/mol. The zero-order valence-electron chi connectivity index (χ0n) is 22.2.